The number of ether oxygens (including phenoxy) is 1. The normalized spacial score (nSPS) is 13.0. The highest BCUT2D eigenvalue weighted by Gasteiger charge is 2.30. The van der Waals surface area contributed by atoms with Crippen LogP contribution in [-0.2, 0) is 10.9 Å². The summed E-state index contributed by atoms with van der Waals surface area (Å²) in [6, 6.07) is 9.66. The number of fused-ring (bicyclic) bond motifs is 3. The second-order valence-electron chi connectivity index (χ2n) is 7.63. The number of halogens is 3. The Hall–Kier alpha value is -2.95. The molecule has 6 nitrogen and oxygen atoms in total. The van der Waals surface area contributed by atoms with Crippen LogP contribution in [0, 0.1) is 6.92 Å². The molecule has 2 heterocycles. The van der Waals surface area contributed by atoms with Gasteiger partial charge in [-0.25, -0.2) is 4.98 Å². The number of benzene rings is 2. The SMILES string of the molecule is COCC[C@@H](CO)NC(=O)c1ccc2c(c1)c1nc(C)sc1n2-c1ccc(C(F)(F)F)cc1. The minimum atomic E-state index is -4.41. The average Bonchev–Trinajstić information content (AvgIpc) is 3.30. The van der Waals surface area contributed by atoms with Gasteiger partial charge in [0, 0.05) is 30.4 Å². The number of aryl methyl sites for hydroxylation is 1. The number of hydrogen-bond acceptors (Lipinski definition) is 5. The van der Waals surface area contributed by atoms with Gasteiger partial charge in [0.25, 0.3) is 5.91 Å². The summed E-state index contributed by atoms with van der Waals surface area (Å²) in [5.41, 5.74) is 1.67. The van der Waals surface area contributed by atoms with Crippen molar-refractivity contribution in [1.82, 2.24) is 14.9 Å². The molecule has 10 heteroatoms. The highest BCUT2D eigenvalue weighted by atomic mass is 32.1. The molecule has 4 aromatic rings. The Balaban J connectivity index is 1.76. The molecule has 1 amide bonds. The molecule has 0 spiro atoms. The number of aliphatic hydroxyl groups is 1. The van der Waals surface area contributed by atoms with Crippen LogP contribution in [0.25, 0.3) is 26.9 Å². The van der Waals surface area contributed by atoms with Crippen molar-refractivity contribution in [3.63, 3.8) is 0 Å². The molecule has 0 aliphatic rings. The molecule has 1 atom stereocenters. The van der Waals surface area contributed by atoms with E-state index in [1.165, 1.54) is 23.5 Å². The molecule has 2 aromatic carbocycles. The van der Waals surface area contributed by atoms with Gasteiger partial charge >= 0.3 is 6.18 Å². The maximum atomic E-state index is 13.0. The standard InChI is InChI=1S/C23H22F3N3O3S/c1-13-27-20-18-11-14(21(31)28-16(12-30)9-10-32-2)3-8-19(18)29(22(20)33-13)17-6-4-15(5-7-17)23(24,25)26/h3-8,11,16,30H,9-10,12H2,1-2H3,(H,28,31)/t16-/m0/s1. The van der Waals surface area contributed by atoms with E-state index in [9.17, 15) is 23.1 Å². The molecule has 0 radical (unpaired) electrons. The number of amides is 1. The predicted molar refractivity (Wildman–Crippen MR) is 121 cm³/mol. The fourth-order valence-corrected chi connectivity index (χ4v) is 4.67. The van der Waals surface area contributed by atoms with Crippen LogP contribution in [0.15, 0.2) is 42.5 Å². The Morgan fingerprint density at radius 3 is 2.61 bits per heavy atom. The quantitative estimate of drug-likeness (QED) is 0.405. The minimum absolute atomic E-state index is 0.211. The molecule has 0 fully saturated rings. The molecule has 2 aromatic heterocycles. The molecule has 0 aliphatic heterocycles. The molecule has 0 saturated carbocycles. The van der Waals surface area contributed by atoms with Gasteiger partial charge in [-0.05, 0) is 55.8 Å². The summed E-state index contributed by atoms with van der Waals surface area (Å²) in [7, 11) is 1.55. The molecule has 0 saturated heterocycles. The van der Waals surface area contributed by atoms with Gasteiger partial charge in [-0.15, -0.1) is 11.3 Å². The lowest BCUT2D eigenvalue weighted by atomic mass is 10.1. The maximum absolute atomic E-state index is 13.0. The van der Waals surface area contributed by atoms with Crippen molar-refractivity contribution in [2.24, 2.45) is 0 Å². The smallest absolute Gasteiger partial charge is 0.394 e. The molecule has 0 bridgehead atoms. The van der Waals surface area contributed by atoms with Crippen LogP contribution in [0.5, 0.6) is 0 Å². The Bertz CT molecular complexity index is 1300. The number of thiazole rings is 1. The van der Waals surface area contributed by atoms with E-state index in [2.05, 4.69) is 10.3 Å². The second kappa shape index (κ2) is 9.12. The van der Waals surface area contributed by atoms with E-state index in [-0.39, 0.29) is 12.5 Å². The number of carbonyl (C=O) groups excluding carboxylic acids is 1. The molecule has 2 N–H and O–H groups in total. The van der Waals surface area contributed by atoms with E-state index in [1.807, 2.05) is 11.5 Å². The molecule has 174 valence electrons. The molecule has 33 heavy (non-hydrogen) atoms. The Kier molecular flexibility index (Phi) is 6.42. The highest BCUT2D eigenvalue weighted by molar-refractivity contribution is 7.18. The van der Waals surface area contributed by atoms with E-state index in [0.29, 0.717) is 29.8 Å². The first-order chi connectivity index (χ1) is 15.7. The zero-order valence-corrected chi connectivity index (χ0v) is 18.8. The monoisotopic (exact) mass is 477 g/mol. The Morgan fingerprint density at radius 1 is 1.24 bits per heavy atom. The Labute approximate surface area is 191 Å². The average molecular weight is 478 g/mol. The van der Waals surface area contributed by atoms with Crippen molar-refractivity contribution in [3.05, 3.63) is 58.6 Å². The summed E-state index contributed by atoms with van der Waals surface area (Å²) in [5.74, 6) is -0.338. The van der Waals surface area contributed by atoms with E-state index in [4.69, 9.17) is 4.74 Å². The van der Waals surface area contributed by atoms with Gasteiger partial charge in [-0.1, -0.05) is 0 Å². The summed E-state index contributed by atoms with van der Waals surface area (Å²) < 4.78 is 45.9. The largest absolute Gasteiger partial charge is 0.416 e. The lowest BCUT2D eigenvalue weighted by molar-refractivity contribution is -0.137. The third-order valence-electron chi connectivity index (χ3n) is 5.35. The van der Waals surface area contributed by atoms with Crippen LogP contribution in [0.1, 0.15) is 27.3 Å². The van der Waals surface area contributed by atoms with Gasteiger partial charge in [-0.2, -0.15) is 13.2 Å². The van der Waals surface area contributed by atoms with Crippen molar-refractivity contribution in [2.45, 2.75) is 25.6 Å². The number of nitrogens with one attached hydrogen (secondary N) is 1. The number of aromatic nitrogens is 2. The molecule has 4 rings (SSSR count). The van der Waals surface area contributed by atoms with E-state index in [1.54, 1.807) is 25.3 Å². The first-order valence-corrected chi connectivity index (χ1v) is 11.0. The van der Waals surface area contributed by atoms with Gasteiger partial charge in [-0.3, -0.25) is 9.36 Å². The summed E-state index contributed by atoms with van der Waals surface area (Å²) in [4.78, 5) is 18.2. The highest BCUT2D eigenvalue weighted by Crippen LogP contribution is 2.36. The van der Waals surface area contributed by atoms with Crippen molar-refractivity contribution in [2.75, 3.05) is 20.3 Å². The second-order valence-corrected chi connectivity index (χ2v) is 8.81. The van der Waals surface area contributed by atoms with Crippen molar-refractivity contribution < 1.29 is 27.8 Å². The van der Waals surface area contributed by atoms with Crippen LogP contribution >= 0.6 is 11.3 Å². The molecular weight excluding hydrogens is 455 g/mol. The van der Waals surface area contributed by atoms with Crippen molar-refractivity contribution in [1.29, 1.82) is 0 Å². The van der Waals surface area contributed by atoms with Gasteiger partial charge in [0.05, 0.1) is 28.7 Å². The fraction of sp³-hybridized carbons (Fsp3) is 0.304. The van der Waals surface area contributed by atoms with Gasteiger partial charge < -0.3 is 15.2 Å². The number of methoxy groups -OCH3 is 1. The minimum Gasteiger partial charge on any atom is -0.394 e. The van der Waals surface area contributed by atoms with Crippen LogP contribution in [-0.4, -0.2) is 46.9 Å². The predicted octanol–water partition coefficient (Wildman–Crippen LogP) is 4.69. The van der Waals surface area contributed by atoms with Crippen LogP contribution in [0.2, 0.25) is 0 Å². The first-order valence-electron chi connectivity index (χ1n) is 10.2. The number of aliphatic hydroxyl groups excluding tert-OH is 1. The molecule has 0 unspecified atom stereocenters. The summed E-state index contributed by atoms with van der Waals surface area (Å²) in [6.07, 6.45) is -3.94. The summed E-state index contributed by atoms with van der Waals surface area (Å²) >= 11 is 1.43. The molecule has 0 aliphatic carbocycles. The molecular formula is C23H22F3N3O3S. The summed E-state index contributed by atoms with van der Waals surface area (Å²) in [6.45, 7) is 2.04. The third kappa shape index (κ3) is 4.59. The third-order valence-corrected chi connectivity index (χ3v) is 6.31. The first kappa shape index (κ1) is 23.2. The van der Waals surface area contributed by atoms with Crippen molar-refractivity contribution in [3.8, 4) is 5.69 Å². The number of alkyl halides is 3. The van der Waals surface area contributed by atoms with Crippen LogP contribution in [0.4, 0.5) is 13.2 Å². The van der Waals surface area contributed by atoms with Crippen LogP contribution in [0.3, 0.4) is 0 Å². The summed E-state index contributed by atoms with van der Waals surface area (Å²) in [5, 5.41) is 13.8. The number of carbonyl (C=O) groups is 1. The van der Waals surface area contributed by atoms with Gasteiger partial charge in [0.2, 0.25) is 0 Å². The van der Waals surface area contributed by atoms with E-state index in [0.717, 1.165) is 32.9 Å². The van der Waals surface area contributed by atoms with E-state index < -0.39 is 17.8 Å². The van der Waals surface area contributed by atoms with Gasteiger partial charge in [0.1, 0.15) is 10.3 Å². The number of nitrogens with zero attached hydrogens (tertiary/aromatic N) is 2. The number of rotatable bonds is 7. The van der Waals surface area contributed by atoms with Crippen LogP contribution < -0.4 is 5.32 Å². The lowest BCUT2D eigenvalue weighted by Gasteiger charge is -2.16. The van der Waals surface area contributed by atoms with Gasteiger partial charge in [0.15, 0.2) is 0 Å². The zero-order chi connectivity index (χ0) is 23.8. The topological polar surface area (TPSA) is 76.4 Å². The van der Waals surface area contributed by atoms with E-state index >= 15 is 0 Å². The fourth-order valence-electron chi connectivity index (χ4n) is 3.71. The Morgan fingerprint density at radius 2 is 1.97 bits per heavy atom. The number of hydrogen-bond donors (Lipinski definition) is 2. The van der Waals surface area contributed by atoms with Crippen molar-refractivity contribution >= 4 is 38.5 Å². The zero-order valence-electron chi connectivity index (χ0n) is 17.9. The lowest BCUT2D eigenvalue weighted by Crippen LogP contribution is -2.38. The maximum Gasteiger partial charge on any atom is 0.416 e.